The van der Waals surface area contributed by atoms with Crippen LogP contribution in [-0.4, -0.2) is 89.4 Å². The highest BCUT2D eigenvalue weighted by atomic mass is 16.5. The molecule has 1 aliphatic carbocycles. The molecule has 4 aromatic carbocycles. The van der Waals surface area contributed by atoms with Crippen LogP contribution < -0.4 is 20.7 Å². The number of amides is 4. The number of H-pyrrole nitrogens is 2. The minimum Gasteiger partial charge on any atom is -0.488 e. The lowest BCUT2D eigenvalue weighted by atomic mass is 9.92. The largest absolute Gasteiger partial charge is 0.488 e. The summed E-state index contributed by atoms with van der Waals surface area (Å²) in [4.78, 5) is 71.1. The molecule has 2 aliphatic heterocycles. The minimum atomic E-state index is -0.952. The molecule has 65 heavy (non-hydrogen) atoms. The number of benzene rings is 4. The molecular weight excluding hydrogens is 829 g/mol. The van der Waals surface area contributed by atoms with Gasteiger partial charge in [-0.05, 0) is 76.6 Å². The Morgan fingerprint density at radius 2 is 1.66 bits per heavy atom. The van der Waals surface area contributed by atoms with Crippen LogP contribution in [0.4, 0.5) is 9.59 Å². The number of ether oxygens (including phenoxy) is 4. The molecule has 0 bridgehead atoms. The third-order valence-corrected chi connectivity index (χ3v) is 12.8. The van der Waals surface area contributed by atoms with E-state index in [0.717, 1.165) is 68.3 Å². The summed E-state index contributed by atoms with van der Waals surface area (Å²) in [5.41, 5.74) is 7.05. The maximum atomic E-state index is 14.0. The van der Waals surface area contributed by atoms with Crippen LogP contribution in [0.3, 0.4) is 0 Å². The summed E-state index contributed by atoms with van der Waals surface area (Å²) < 4.78 is 21.6. The fourth-order valence-electron chi connectivity index (χ4n) is 9.25. The minimum absolute atomic E-state index is 0.102. The van der Waals surface area contributed by atoms with Gasteiger partial charge in [-0.2, -0.15) is 0 Å². The van der Waals surface area contributed by atoms with Crippen molar-refractivity contribution in [1.82, 2.24) is 40.8 Å². The molecule has 5 atom stereocenters. The first kappa shape index (κ1) is 43.3. The topological polar surface area (TPSA) is 202 Å². The van der Waals surface area contributed by atoms with Crippen molar-refractivity contribution < 1.29 is 38.1 Å². The van der Waals surface area contributed by atoms with Gasteiger partial charge in [0.25, 0.3) is 0 Å². The molecule has 16 heteroatoms. The molecule has 0 unspecified atom stereocenters. The zero-order valence-electron chi connectivity index (χ0n) is 37.1. The van der Waals surface area contributed by atoms with E-state index in [-0.39, 0.29) is 29.7 Å². The molecule has 1 saturated carbocycles. The summed E-state index contributed by atoms with van der Waals surface area (Å²) in [7, 11) is 4.21. The fourth-order valence-corrected chi connectivity index (χ4v) is 9.25. The van der Waals surface area contributed by atoms with Crippen molar-refractivity contribution in [3.8, 4) is 28.1 Å². The van der Waals surface area contributed by atoms with Gasteiger partial charge in [0.15, 0.2) is 0 Å². The van der Waals surface area contributed by atoms with Crippen LogP contribution in [-0.2, 0) is 30.4 Å². The van der Waals surface area contributed by atoms with Gasteiger partial charge in [0.2, 0.25) is 11.8 Å². The number of aromatic nitrogens is 4. The van der Waals surface area contributed by atoms with E-state index in [0.29, 0.717) is 55.7 Å². The molecular formula is C49H54N8O8. The first-order valence-electron chi connectivity index (χ1n) is 22.1. The number of carbonyl (C=O) groups excluding carboxylic acids is 4. The molecule has 2 aromatic heterocycles. The molecule has 16 nitrogen and oxygen atoms in total. The summed E-state index contributed by atoms with van der Waals surface area (Å²) in [5.74, 6) is 1.92. The lowest BCUT2D eigenvalue weighted by Crippen LogP contribution is -2.51. The van der Waals surface area contributed by atoms with Gasteiger partial charge in [-0.15, -0.1) is 0 Å². The smallest absolute Gasteiger partial charge is 0.407 e. The Balaban J connectivity index is 0.968. The lowest BCUT2D eigenvalue weighted by molar-refractivity contribution is -0.135. The number of nitrogens with zero attached hydrogens (tertiary/aromatic N) is 3. The second kappa shape index (κ2) is 18.3. The summed E-state index contributed by atoms with van der Waals surface area (Å²) >= 11 is 0. The monoisotopic (exact) mass is 882 g/mol. The summed E-state index contributed by atoms with van der Waals surface area (Å²) in [6.45, 7) is 5.11. The number of carbonyl (C=O) groups is 4. The first-order chi connectivity index (χ1) is 31.5. The van der Waals surface area contributed by atoms with Crippen LogP contribution in [0.25, 0.3) is 44.2 Å². The van der Waals surface area contributed by atoms with E-state index in [1.807, 2.05) is 44.2 Å². The predicted molar refractivity (Wildman–Crippen MR) is 243 cm³/mol. The van der Waals surface area contributed by atoms with Crippen LogP contribution in [0.5, 0.6) is 5.75 Å². The van der Waals surface area contributed by atoms with E-state index in [4.69, 9.17) is 28.9 Å². The number of alkyl carbamates (subject to hydrolysis) is 2. The molecule has 4 heterocycles. The Bertz CT molecular complexity index is 2750. The molecule has 2 fully saturated rings. The number of imidazole rings is 2. The highest BCUT2D eigenvalue weighted by molar-refractivity contribution is 6.07. The van der Waals surface area contributed by atoms with Crippen molar-refractivity contribution in [3.05, 3.63) is 102 Å². The van der Waals surface area contributed by atoms with Crippen LogP contribution >= 0.6 is 0 Å². The first-order valence-corrected chi connectivity index (χ1v) is 22.1. The molecule has 1 saturated heterocycles. The zero-order valence-corrected chi connectivity index (χ0v) is 37.1. The van der Waals surface area contributed by atoms with E-state index < -0.39 is 30.3 Å². The van der Waals surface area contributed by atoms with Gasteiger partial charge in [0, 0.05) is 30.5 Å². The molecule has 9 rings (SSSR count). The Morgan fingerprint density at radius 3 is 2.40 bits per heavy atom. The van der Waals surface area contributed by atoms with Crippen molar-refractivity contribution in [1.29, 1.82) is 0 Å². The number of hydrogen-bond acceptors (Lipinski definition) is 10. The van der Waals surface area contributed by atoms with E-state index >= 15 is 0 Å². The molecule has 0 spiro atoms. The number of fused-ring (bicyclic) bond motifs is 6. The van der Waals surface area contributed by atoms with Gasteiger partial charge < -0.3 is 49.8 Å². The van der Waals surface area contributed by atoms with E-state index in [9.17, 15) is 19.2 Å². The van der Waals surface area contributed by atoms with Crippen LogP contribution in [0, 0.1) is 17.8 Å². The number of nitrogens with one attached hydrogen (secondary N) is 5. The van der Waals surface area contributed by atoms with Gasteiger partial charge in [-0.25, -0.2) is 19.6 Å². The molecule has 4 amide bonds. The van der Waals surface area contributed by atoms with Gasteiger partial charge in [-0.1, -0.05) is 75.2 Å². The zero-order chi connectivity index (χ0) is 45.4. The fraction of sp³-hybridized carbons (Fsp3) is 0.388. The maximum absolute atomic E-state index is 14.0. The van der Waals surface area contributed by atoms with Gasteiger partial charge in [0.1, 0.15) is 36.1 Å². The third-order valence-electron chi connectivity index (χ3n) is 12.8. The Hall–Kier alpha value is -6.94. The summed E-state index contributed by atoms with van der Waals surface area (Å²) in [6.07, 6.45) is 3.99. The third kappa shape index (κ3) is 8.95. The summed E-state index contributed by atoms with van der Waals surface area (Å²) in [5, 5.41) is 10.5. The van der Waals surface area contributed by atoms with Crippen molar-refractivity contribution in [3.63, 3.8) is 0 Å². The predicted octanol–water partition coefficient (Wildman–Crippen LogP) is 7.64. The highest BCUT2D eigenvalue weighted by Gasteiger charge is 2.41. The average Bonchev–Trinajstić information content (AvgIpc) is 3.63. The van der Waals surface area contributed by atoms with E-state index in [2.05, 4.69) is 56.3 Å². The molecule has 338 valence electrons. The van der Waals surface area contributed by atoms with E-state index in [1.54, 1.807) is 30.3 Å². The second-order valence-corrected chi connectivity index (χ2v) is 17.6. The van der Waals surface area contributed by atoms with Crippen LogP contribution in [0.1, 0.15) is 80.4 Å². The lowest BCUT2D eigenvalue weighted by Gasteiger charge is -2.30. The van der Waals surface area contributed by atoms with E-state index in [1.165, 1.54) is 14.2 Å². The standard InChI is InChI=1S/C49H54N8O8/c1-26(2)41(55-48(60)63-4)47(59)57-23-28(24-62-3)18-39(57)45-50-22-38(52-45)31-13-15-33-32(19-31)25-65-40-21-34-30(20-35(33)40)14-16-36-43(34)54-44(51-36)37(17-27-11-12-27)53-46(58)42(56-49(61)64-5)29-9-7-6-8-10-29/h6-10,13-16,19-22,26-28,37,39,41-42H,11-12,17-18,23-25H2,1-5H3,(H,50,52)(H,51,54)(H,53,58)(H,55,60)(H,56,61)/t28-,37-,39-,41-,42+/m0/s1. The number of rotatable bonds is 14. The molecule has 5 N–H and O–H groups in total. The van der Waals surface area contributed by atoms with Crippen molar-refractivity contribution in [2.45, 2.75) is 70.3 Å². The number of aromatic amines is 2. The van der Waals surface area contributed by atoms with Crippen LogP contribution in [0.15, 0.2) is 79.0 Å². The van der Waals surface area contributed by atoms with Gasteiger partial charge in [0.05, 0.1) is 55.8 Å². The van der Waals surface area contributed by atoms with Crippen molar-refractivity contribution >= 4 is 45.8 Å². The normalized spacial score (nSPS) is 18.0. The Morgan fingerprint density at radius 1 is 0.877 bits per heavy atom. The SMILES string of the molecule is COC[C@H]1C[C@@H](c2ncc(-c3ccc4c(c3)COc3cc5c(ccc6[nH]c([C@H](CC7CC7)NC(=O)[C@H](NC(=O)OC)c7ccccc7)nc65)cc3-4)[nH]2)N(C(=O)[C@@H](NC(=O)OC)C(C)C)C1. The van der Waals surface area contributed by atoms with Gasteiger partial charge in [-0.3, -0.25) is 9.59 Å². The van der Waals surface area contributed by atoms with Crippen LogP contribution in [0.2, 0.25) is 0 Å². The van der Waals surface area contributed by atoms with Crippen molar-refractivity contribution in [2.75, 3.05) is 34.5 Å². The summed E-state index contributed by atoms with van der Waals surface area (Å²) in [6, 6.07) is 21.2. The molecule has 3 aliphatic rings. The maximum Gasteiger partial charge on any atom is 0.407 e. The second-order valence-electron chi connectivity index (χ2n) is 17.6. The van der Waals surface area contributed by atoms with Gasteiger partial charge >= 0.3 is 12.2 Å². The average molecular weight is 883 g/mol. The molecule has 0 radical (unpaired) electrons. The number of hydrogen-bond donors (Lipinski definition) is 5. The van der Waals surface area contributed by atoms with Crippen molar-refractivity contribution in [2.24, 2.45) is 17.8 Å². The number of methoxy groups -OCH3 is 3. The quantitative estimate of drug-likeness (QED) is 0.0724. The highest BCUT2D eigenvalue weighted by Crippen LogP contribution is 2.44. The molecule has 6 aromatic rings. The Kier molecular flexibility index (Phi) is 12.2. The number of likely N-dealkylation sites (tertiary alicyclic amines) is 1. The Labute approximate surface area is 376 Å².